The number of fused-ring (bicyclic) bond motifs is 1. The van der Waals surface area contributed by atoms with Gasteiger partial charge >= 0.3 is 6.18 Å². The molecular weight excluding hydrogens is 293 g/mol. The smallest absolute Gasteiger partial charge is 0.391 e. The van der Waals surface area contributed by atoms with Crippen molar-refractivity contribution in [2.75, 3.05) is 11.4 Å². The largest absolute Gasteiger partial charge is 0.417 e. The molecule has 3 aliphatic rings. The zero-order valence-corrected chi connectivity index (χ0v) is 11.7. The lowest BCUT2D eigenvalue weighted by molar-refractivity contribution is -0.137. The fourth-order valence-electron chi connectivity index (χ4n) is 4.75. The maximum atomic E-state index is 13.1. The van der Waals surface area contributed by atoms with Crippen molar-refractivity contribution in [1.29, 1.82) is 5.26 Å². The molecule has 6 heteroatoms. The normalized spacial score (nSPS) is 36.0. The summed E-state index contributed by atoms with van der Waals surface area (Å²) in [6.07, 6.45) is -3.04. The van der Waals surface area contributed by atoms with Crippen molar-refractivity contribution in [2.45, 2.75) is 31.2 Å². The highest BCUT2D eigenvalue weighted by atomic mass is 19.4. The lowest BCUT2D eigenvalue weighted by Crippen LogP contribution is -2.40. The first-order valence-electron chi connectivity index (χ1n) is 7.46. The number of nitrogens with zero attached hydrogens (tertiary/aromatic N) is 2. The zero-order chi connectivity index (χ0) is 15.6. The highest BCUT2D eigenvalue weighted by molar-refractivity contribution is 5.57. The highest BCUT2D eigenvalue weighted by Gasteiger charge is 2.59. The van der Waals surface area contributed by atoms with E-state index in [-0.39, 0.29) is 11.6 Å². The zero-order valence-electron chi connectivity index (χ0n) is 11.7. The van der Waals surface area contributed by atoms with Crippen molar-refractivity contribution in [3.63, 3.8) is 0 Å². The Kier molecular flexibility index (Phi) is 2.77. The molecule has 1 saturated heterocycles. The molecule has 5 atom stereocenters. The van der Waals surface area contributed by atoms with Crippen LogP contribution in [0.1, 0.15) is 24.0 Å². The van der Waals surface area contributed by atoms with E-state index in [9.17, 15) is 18.3 Å². The minimum Gasteiger partial charge on any atom is -0.391 e. The summed E-state index contributed by atoms with van der Waals surface area (Å²) in [6.45, 7) is 0.700. The lowest BCUT2D eigenvalue weighted by atomic mass is 9.88. The molecule has 3 fully saturated rings. The number of halogens is 3. The molecule has 2 bridgehead atoms. The average Bonchev–Trinajstić information content (AvgIpc) is 3.07. The number of aliphatic hydroxyl groups is 1. The van der Waals surface area contributed by atoms with Gasteiger partial charge in [-0.25, -0.2) is 0 Å². The molecule has 0 spiro atoms. The van der Waals surface area contributed by atoms with E-state index in [1.54, 1.807) is 12.1 Å². The Balaban J connectivity index is 1.74. The molecule has 1 N–H and O–H groups in total. The summed E-state index contributed by atoms with van der Waals surface area (Å²) in [6, 6.07) is 5.39. The molecule has 22 heavy (non-hydrogen) atoms. The summed E-state index contributed by atoms with van der Waals surface area (Å²) >= 11 is 0. The first kappa shape index (κ1) is 13.9. The number of benzene rings is 1. The van der Waals surface area contributed by atoms with Crippen LogP contribution in [0.5, 0.6) is 0 Å². The molecule has 1 aliphatic heterocycles. The van der Waals surface area contributed by atoms with E-state index in [0.29, 0.717) is 30.0 Å². The maximum absolute atomic E-state index is 13.1. The van der Waals surface area contributed by atoms with E-state index in [1.807, 2.05) is 4.90 Å². The van der Waals surface area contributed by atoms with Gasteiger partial charge in [-0.05, 0) is 48.8 Å². The van der Waals surface area contributed by atoms with Gasteiger partial charge in [0.1, 0.15) is 0 Å². The minimum absolute atomic E-state index is 0.0715. The Labute approximate surface area is 126 Å². The van der Waals surface area contributed by atoms with Gasteiger partial charge in [-0.15, -0.1) is 0 Å². The molecule has 1 aromatic rings. The first-order valence-corrected chi connectivity index (χ1v) is 7.46. The van der Waals surface area contributed by atoms with Crippen LogP contribution in [0, 0.1) is 29.1 Å². The van der Waals surface area contributed by atoms with E-state index in [2.05, 4.69) is 0 Å². The van der Waals surface area contributed by atoms with Crippen molar-refractivity contribution >= 4 is 5.69 Å². The summed E-state index contributed by atoms with van der Waals surface area (Å²) in [4.78, 5) is 1.92. The standard InChI is InChI=1S/C16H15F3N2O/c17-16(18,19)13-5-11(2-1-8(13)6-20)21-7-10-3-9-4-12(10)14(21)15(9)22/h1-2,5,9-10,12,14-15,22H,3-4,7H2/t9-,10-,12+,14+,15+/m0/s1. The highest BCUT2D eigenvalue weighted by Crippen LogP contribution is 2.56. The monoisotopic (exact) mass is 308 g/mol. The van der Waals surface area contributed by atoms with Crippen molar-refractivity contribution in [2.24, 2.45) is 17.8 Å². The molecule has 0 aromatic heterocycles. The fourth-order valence-corrected chi connectivity index (χ4v) is 4.75. The first-order chi connectivity index (χ1) is 10.4. The third-order valence-corrected chi connectivity index (χ3v) is 5.61. The molecule has 0 radical (unpaired) electrons. The van der Waals surface area contributed by atoms with Crippen molar-refractivity contribution in [3.8, 4) is 6.07 Å². The van der Waals surface area contributed by atoms with E-state index in [0.717, 1.165) is 18.9 Å². The van der Waals surface area contributed by atoms with Gasteiger partial charge in [-0.3, -0.25) is 0 Å². The lowest BCUT2D eigenvalue weighted by Gasteiger charge is -2.31. The Bertz CT molecular complexity index is 664. The summed E-state index contributed by atoms with van der Waals surface area (Å²) in [5.74, 6) is 1.17. The molecule has 0 amide bonds. The molecule has 116 valence electrons. The molecule has 0 unspecified atom stereocenters. The second-order valence-corrected chi connectivity index (χ2v) is 6.63. The summed E-state index contributed by atoms with van der Waals surface area (Å²) in [5.41, 5.74) is -0.788. The second-order valence-electron chi connectivity index (χ2n) is 6.63. The van der Waals surface area contributed by atoms with Crippen LogP contribution in [0.15, 0.2) is 18.2 Å². The molecule has 1 aromatic carbocycles. The van der Waals surface area contributed by atoms with Crippen molar-refractivity contribution < 1.29 is 18.3 Å². The van der Waals surface area contributed by atoms with Crippen molar-refractivity contribution in [3.05, 3.63) is 29.3 Å². The number of nitriles is 1. The predicted molar refractivity (Wildman–Crippen MR) is 73.0 cm³/mol. The predicted octanol–water partition coefficient (Wildman–Crippen LogP) is 2.78. The van der Waals surface area contributed by atoms with Gasteiger partial charge in [0.05, 0.1) is 29.3 Å². The number of hydrogen-bond acceptors (Lipinski definition) is 3. The maximum Gasteiger partial charge on any atom is 0.417 e. The Morgan fingerprint density at radius 3 is 2.64 bits per heavy atom. The molecule has 1 heterocycles. The summed E-state index contributed by atoms with van der Waals surface area (Å²) in [7, 11) is 0. The quantitative estimate of drug-likeness (QED) is 0.868. The Morgan fingerprint density at radius 2 is 2.00 bits per heavy atom. The van der Waals surface area contributed by atoms with E-state index in [1.165, 1.54) is 6.07 Å². The van der Waals surface area contributed by atoms with Gasteiger partial charge in [-0.1, -0.05) is 0 Å². The van der Waals surface area contributed by atoms with Gasteiger partial charge in [0.2, 0.25) is 0 Å². The molecule has 2 saturated carbocycles. The molecule has 4 rings (SSSR count). The summed E-state index contributed by atoms with van der Waals surface area (Å²) in [5, 5.41) is 19.2. The molecule has 3 nitrogen and oxygen atoms in total. The third kappa shape index (κ3) is 1.78. The SMILES string of the molecule is N#Cc1ccc(N2C[C@@H]3C[C@H]4C[C@H]3[C@@H]2[C@@H]4O)cc1C(F)(F)F. The molecular formula is C16H15F3N2O. The Morgan fingerprint density at radius 1 is 1.23 bits per heavy atom. The van der Waals surface area contributed by atoms with Crippen LogP contribution in [0.2, 0.25) is 0 Å². The van der Waals surface area contributed by atoms with Crippen LogP contribution in [0.25, 0.3) is 0 Å². The van der Waals surface area contributed by atoms with Gasteiger partial charge in [-0.2, -0.15) is 18.4 Å². The number of alkyl halides is 3. The number of aliphatic hydroxyl groups excluding tert-OH is 1. The van der Waals surface area contributed by atoms with E-state index >= 15 is 0 Å². The number of rotatable bonds is 1. The van der Waals surface area contributed by atoms with E-state index in [4.69, 9.17) is 5.26 Å². The summed E-state index contributed by atoms with van der Waals surface area (Å²) < 4.78 is 39.3. The second kappa shape index (κ2) is 4.39. The van der Waals surface area contributed by atoms with Gasteiger partial charge in [0.15, 0.2) is 0 Å². The number of hydrogen-bond donors (Lipinski definition) is 1. The van der Waals surface area contributed by atoms with Crippen LogP contribution in [0.4, 0.5) is 18.9 Å². The van der Waals surface area contributed by atoms with Crippen LogP contribution >= 0.6 is 0 Å². The van der Waals surface area contributed by atoms with Crippen LogP contribution in [-0.2, 0) is 6.18 Å². The molecule has 2 aliphatic carbocycles. The topological polar surface area (TPSA) is 47.3 Å². The number of anilines is 1. The van der Waals surface area contributed by atoms with Gasteiger partial charge in [0.25, 0.3) is 0 Å². The Hall–Kier alpha value is -1.74. The third-order valence-electron chi connectivity index (χ3n) is 5.61. The van der Waals surface area contributed by atoms with Crippen LogP contribution in [-0.4, -0.2) is 23.8 Å². The van der Waals surface area contributed by atoms with E-state index < -0.39 is 17.8 Å². The average molecular weight is 308 g/mol. The minimum atomic E-state index is -4.55. The van der Waals surface area contributed by atoms with Gasteiger partial charge < -0.3 is 10.0 Å². The fraction of sp³-hybridized carbons (Fsp3) is 0.562. The van der Waals surface area contributed by atoms with Gasteiger partial charge in [0, 0.05) is 12.2 Å². The van der Waals surface area contributed by atoms with Crippen LogP contribution < -0.4 is 4.90 Å². The van der Waals surface area contributed by atoms with Crippen molar-refractivity contribution in [1.82, 2.24) is 0 Å². The van der Waals surface area contributed by atoms with Crippen LogP contribution in [0.3, 0.4) is 0 Å².